The van der Waals surface area contributed by atoms with Crippen LogP contribution in [0, 0.1) is 10.8 Å². The number of hydrogen-bond acceptors (Lipinski definition) is 0. The molecule has 0 aromatic carbocycles. The zero-order chi connectivity index (χ0) is 9.36. The first kappa shape index (κ1) is 9.55. The maximum Gasteiger partial charge on any atom is -0.0326 e. The third-order valence-electron chi connectivity index (χ3n) is 4.70. The Hall–Kier alpha value is 0. The fourth-order valence-electron chi connectivity index (χ4n) is 3.40. The molecule has 2 rings (SSSR count). The lowest BCUT2D eigenvalue weighted by molar-refractivity contribution is 0.181. The summed E-state index contributed by atoms with van der Waals surface area (Å²) in [6.07, 6.45) is 13.5. The van der Waals surface area contributed by atoms with Gasteiger partial charge in [-0.2, -0.15) is 0 Å². The zero-order valence-corrected chi connectivity index (χ0v) is 9.36. The Labute approximate surface area is 83.1 Å². The molecule has 0 spiro atoms. The summed E-state index contributed by atoms with van der Waals surface area (Å²) < 4.78 is 0. The summed E-state index contributed by atoms with van der Waals surface area (Å²) in [4.78, 5) is 0. The maximum atomic E-state index is 2.53. The van der Waals surface area contributed by atoms with E-state index in [9.17, 15) is 0 Å². The number of hydrogen-bond donors (Lipinski definition) is 0. The van der Waals surface area contributed by atoms with Crippen molar-refractivity contribution < 1.29 is 0 Å². The van der Waals surface area contributed by atoms with Crippen LogP contribution in [0.15, 0.2) is 0 Å². The van der Waals surface area contributed by atoms with Gasteiger partial charge in [-0.05, 0) is 49.4 Å². The molecule has 0 aromatic heterocycles. The molecule has 0 amide bonds. The molecule has 0 heteroatoms. The predicted octanol–water partition coefficient (Wildman–Crippen LogP) is 4.54. The average molecular weight is 180 g/mol. The van der Waals surface area contributed by atoms with Crippen LogP contribution in [0.1, 0.15) is 71.6 Å². The molecule has 76 valence electrons. The Morgan fingerprint density at radius 1 is 0.538 bits per heavy atom. The molecule has 0 heterocycles. The van der Waals surface area contributed by atoms with Gasteiger partial charge in [-0.15, -0.1) is 0 Å². The maximum absolute atomic E-state index is 2.53. The summed E-state index contributed by atoms with van der Waals surface area (Å²) in [5.41, 5.74) is 1.44. The molecule has 13 heavy (non-hydrogen) atoms. The minimum Gasteiger partial charge on any atom is -0.0596 e. The van der Waals surface area contributed by atoms with Crippen molar-refractivity contribution in [2.45, 2.75) is 71.6 Å². The van der Waals surface area contributed by atoms with Gasteiger partial charge in [-0.3, -0.25) is 0 Å². The second-order valence-electron chi connectivity index (χ2n) is 6.18. The van der Waals surface area contributed by atoms with Crippen molar-refractivity contribution in [3.05, 3.63) is 0 Å². The van der Waals surface area contributed by atoms with Gasteiger partial charge < -0.3 is 0 Å². The van der Waals surface area contributed by atoms with Gasteiger partial charge in [0.15, 0.2) is 0 Å². The highest BCUT2D eigenvalue weighted by Gasteiger charge is 2.35. The van der Waals surface area contributed by atoms with E-state index in [-0.39, 0.29) is 0 Å². The fourth-order valence-corrected chi connectivity index (χ4v) is 3.40. The highest BCUT2D eigenvalue weighted by atomic mass is 14.4. The van der Waals surface area contributed by atoms with Gasteiger partial charge in [-0.1, -0.05) is 33.1 Å². The summed E-state index contributed by atoms with van der Waals surface area (Å²) in [5.74, 6) is 0. The molecule has 0 N–H and O–H groups in total. The normalized spacial score (nSPS) is 46.6. The quantitative estimate of drug-likeness (QED) is 0.513. The minimum atomic E-state index is 0.720. The lowest BCUT2D eigenvalue weighted by Gasteiger charge is -2.34. The van der Waals surface area contributed by atoms with Gasteiger partial charge in [0, 0.05) is 0 Å². The molecule has 2 aliphatic carbocycles. The molecule has 2 bridgehead atoms. The minimum absolute atomic E-state index is 0.720. The van der Waals surface area contributed by atoms with E-state index in [1.54, 1.807) is 0 Å². The van der Waals surface area contributed by atoms with E-state index in [0.717, 1.165) is 10.8 Å². The number of rotatable bonds is 0. The summed E-state index contributed by atoms with van der Waals surface area (Å²) in [6, 6.07) is 0. The van der Waals surface area contributed by atoms with Crippen molar-refractivity contribution in [1.82, 2.24) is 0 Å². The molecule has 2 saturated carbocycles. The van der Waals surface area contributed by atoms with Gasteiger partial charge in [0.05, 0.1) is 0 Å². The molecule has 0 nitrogen and oxygen atoms in total. The zero-order valence-electron chi connectivity index (χ0n) is 9.36. The summed E-state index contributed by atoms with van der Waals surface area (Å²) >= 11 is 0. The van der Waals surface area contributed by atoms with Crippen LogP contribution in [0.5, 0.6) is 0 Å². The first-order chi connectivity index (χ1) is 6.12. The Morgan fingerprint density at radius 2 is 0.923 bits per heavy atom. The van der Waals surface area contributed by atoms with E-state index in [4.69, 9.17) is 0 Å². The molecular weight excluding hydrogens is 156 g/mol. The third kappa shape index (κ3) is 2.08. The molecule has 2 aliphatic rings. The topological polar surface area (TPSA) is 0 Å². The summed E-state index contributed by atoms with van der Waals surface area (Å²) in [6.45, 7) is 5.06. The largest absolute Gasteiger partial charge is 0.0596 e. The lowest BCUT2D eigenvalue weighted by atomic mass is 9.72. The van der Waals surface area contributed by atoms with Crippen LogP contribution < -0.4 is 0 Å². The van der Waals surface area contributed by atoms with Crippen LogP contribution >= 0.6 is 0 Å². The highest BCUT2D eigenvalue weighted by molar-refractivity contribution is 4.87. The van der Waals surface area contributed by atoms with E-state index >= 15 is 0 Å². The van der Waals surface area contributed by atoms with Crippen LogP contribution in [0.4, 0.5) is 0 Å². The number of fused-ring (bicyclic) bond motifs is 3. The van der Waals surface area contributed by atoms with Crippen molar-refractivity contribution in [3.63, 3.8) is 0 Å². The van der Waals surface area contributed by atoms with E-state index in [2.05, 4.69) is 13.8 Å². The lowest BCUT2D eigenvalue weighted by Crippen LogP contribution is -2.21. The van der Waals surface area contributed by atoms with Crippen molar-refractivity contribution in [1.29, 1.82) is 0 Å². The van der Waals surface area contributed by atoms with Crippen LogP contribution in [0.25, 0.3) is 0 Å². The molecule has 0 radical (unpaired) electrons. The van der Waals surface area contributed by atoms with Crippen molar-refractivity contribution in [2.24, 2.45) is 10.8 Å². The Balaban J connectivity index is 2.14. The molecule has 0 saturated heterocycles. The van der Waals surface area contributed by atoms with Crippen molar-refractivity contribution in [3.8, 4) is 0 Å². The molecule has 0 aliphatic heterocycles. The van der Waals surface area contributed by atoms with E-state index in [0.29, 0.717) is 0 Å². The van der Waals surface area contributed by atoms with E-state index in [1.807, 2.05) is 0 Å². The molecular formula is C13H24. The van der Waals surface area contributed by atoms with Crippen LogP contribution in [0.3, 0.4) is 0 Å². The van der Waals surface area contributed by atoms with Crippen molar-refractivity contribution in [2.75, 3.05) is 0 Å². The average Bonchev–Trinajstić information content (AvgIpc) is 2.16. The van der Waals surface area contributed by atoms with Gasteiger partial charge in [-0.25, -0.2) is 0 Å². The van der Waals surface area contributed by atoms with E-state index < -0.39 is 0 Å². The second-order valence-corrected chi connectivity index (χ2v) is 6.18. The molecule has 2 fully saturated rings. The van der Waals surface area contributed by atoms with Gasteiger partial charge >= 0.3 is 0 Å². The first-order valence-corrected chi connectivity index (χ1v) is 6.12. The second kappa shape index (κ2) is 3.29. The highest BCUT2D eigenvalue weighted by Crippen LogP contribution is 2.49. The van der Waals surface area contributed by atoms with E-state index in [1.165, 1.54) is 57.8 Å². The summed E-state index contributed by atoms with van der Waals surface area (Å²) in [5, 5.41) is 0. The predicted molar refractivity (Wildman–Crippen MR) is 57.8 cm³/mol. The molecule has 0 aromatic rings. The standard InChI is InChI=1S/C13H24/c1-12-6-3-4-7-13(2,11-10-12)9-5-8-12/h3-11H2,1-2H3/t12-,13?/m1/s1. The van der Waals surface area contributed by atoms with Crippen LogP contribution in [0.2, 0.25) is 0 Å². The fraction of sp³-hybridized carbons (Fsp3) is 1.00. The first-order valence-electron chi connectivity index (χ1n) is 6.12. The monoisotopic (exact) mass is 180 g/mol. The van der Waals surface area contributed by atoms with Crippen molar-refractivity contribution >= 4 is 0 Å². The smallest absolute Gasteiger partial charge is 0.0326 e. The van der Waals surface area contributed by atoms with Crippen LogP contribution in [-0.4, -0.2) is 0 Å². The van der Waals surface area contributed by atoms with Gasteiger partial charge in [0.1, 0.15) is 0 Å². The third-order valence-corrected chi connectivity index (χ3v) is 4.70. The van der Waals surface area contributed by atoms with Gasteiger partial charge in [0.2, 0.25) is 0 Å². The Morgan fingerprint density at radius 3 is 1.38 bits per heavy atom. The van der Waals surface area contributed by atoms with Crippen LogP contribution in [-0.2, 0) is 0 Å². The Bertz CT molecular complexity index is 164. The van der Waals surface area contributed by atoms with Gasteiger partial charge in [0.25, 0.3) is 0 Å². The molecule has 2 atom stereocenters. The Kier molecular flexibility index (Phi) is 2.42. The SMILES string of the molecule is CC12CCCC[C@](C)(CCC1)CC2. The molecule has 1 unspecified atom stereocenters. The summed E-state index contributed by atoms with van der Waals surface area (Å²) in [7, 11) is 0.